The van der Waals surface area contributed by atoms with Crippen molar-refractivity contribution in [3.63, 3.8) is 0 Å². The average molecular weight is 368 g/mol. The Bertz CT molecular complexity index is 723. The zero-order valence-electron chi connectivity index (χ0n) is 15.8. The van der Waals surface area contributed by atoms with E-state index in [0.717, 1.165) is 64.3 Å². The summed E-state index contributed by atoms with van der Waals surface area (Å²) in [5, 5.41) is 7.62. The molecule has 2 aromatic heterocycles. The maximum Gasteiger partial charge on any atom is 0.255 e. The second-order valence-corrected chi connectivity index (χ2v) is 7.35. The highest BCUT2D eigenvalue weighted by molar-refractivity contribution is 5.94. The summed E-state index contributed by atoms with van der Waals surface area (Å²) in [4.78, 5) is 22.0. The van der Waals surface area contributed by atoms with E-state index >= 15 is 0 Å². The van der Waals surface area contributed by atoms with Crippen LogP contribution >= 0.6 is 0 Å². The van der Waals surface area contributed by atoms with Gasteiger partial charge in [-0.2, -0.15) is 5.10 Å². The number of anilines is 1. The van der Waals surface area contributed by atoms with Crippen molar-refractivity contribution >= 4 is 11.7 Å². The molecule has 4 rings (SSSR count). The molecule has 2 saturated heterocycles. The number of piperidine rings is 1. The molecule has 2 aromatic rings. The van der Waals surface area contributed by atoms with E-state index in [1.54, 1.807) is 12.4 Å². The lowest BCUT2D eigenvalue weighted by Crippen LogP contribution is -2.44. The van der Waals surface area contributed by atoms with Crippen LogP contribution in [0.4, 0.5) is 5.82 Å². The van der Waals surface area contributed by atoms with E-state index in [1.807, 2.05) is 29.1 Å². The molecule has 7 nitrogen and oxygen atoms in total. The fraction of sp³-hybridized carbons (Fsp3) is 0.550. The minimum Gasteiger partial charge on any atom is -0.354 e. The van der Waals surface area contributed by atoms with E-state index in [4.69, 9.17) is 0 Å². The lowest BCUT2D eigenvalue weighted by molar-refractivity contribution is 0.0593. The Hall–Kier alpha value is -2.41. The van der Waals surface area contributed by atoms with Crippen LogP contribution in [0.2, 0.25) is 0 Å². The Morgan fingerprint density at radius 3 is 2.81 bits per heavy atom. The van der Waals surface area contributed by atoms with Crippen LogP contribution in [-0.2, 0) is 6.54 Å². The number of nitrogens with one attached hydrogen (secondary N) is 1. The van der Waals surface area contributed by atoms with Crippen LogP contribution in [0, 0.1) is 0 Å². The highest BCUT2D eigenvalue weighted by Crippen LogP contribution is 2.23. The van der Waals surface area contributed by atoms with Gasteiger partial charge in [-0.25, -0.2) is 4.98 Å². The Labute approximate surface area is 160 Å². The Morgan fingerprint density at radius 1 is 1.19 bits per heavy atom. The molecule has 0 spiro atoms. The predicted molar refractivity (Wildman–Crippen MR) is 105 cm³/mol. The molecular weight excluding hydrogens is 340 g/mol. The number of piperazine rings is 1. The first-order valence-electron chi connectivity index (χ1n) is 10.0. The molecule has 2 aliphatic heterocycles. The summed E-state index contributed by atoms with van der Waals surface area (Å²) in [5.41, 5.74) is 0.694. The highest BCUT2D eigenvalue weighted by atomic mass is 16.2. The van der Waals surface area contributed by atoms with Crippen molar-refractivity contribution in [2.45, 2.75) is 38.3 Å². The topological polar surface area (TPSA) is 66.3 Å². The maximum absolute atomic E-state index is 13.1. The molecule has 0 radical (unpaired) electrons. The van der Waals surface area contributed by atoms with Crippen molar-refractivity contribution in [2.24, 2.45) is 0 Å². The van der Waals surface area contributed by atoms with E-state index in [9.17, 15) is 4.79 Å². The zero-order valence-corrected chi connectivity index (χ0v) is 15.8. The number of carbonyl (C=O) groups excluding carboxylic acids is 1. The summed E-state index contributed by atoms with van der Waals surface area (Å²) in [5.74, 6) is 1.07. The van der Waals surface area contributed by atoms with Gasteiger partial charge in [-0.3, -0.25) is 9.48 Å². The lowest BCUT2D eigenvalue weighted by atomic mass is 9.98. The smallest absolute Gasteiger partial charge is 0.255 e. The molecule has 144 valence electrons. The van der Waals surface area contributed by atoms with Crippen molar-refractivity contribution < 1.29 is 4.79 Å². The van der Waals surface area contributed by atoms with E-state index in [0.29, 0.717) is 5.56 Å². The van der Waals surface area contributed by atoms with Gasteiger partial charge >= 0.3 is 0 Å². The quantitative estimate of drug-likeness (QED) is 0.871. The average Bonchev–Trinajstić information content (AvgIpc) is 3.26. The molecule has 4 heterocycles. The number of pyridine rings is 1. The van der Waals surface area contributed by atoms with Crippen LogP contribution < -0.4 is 10.2 Å². The van der Waals surface area contributed by atoms with E-state index in [1.165, 1.54) is 6.42 Å². The summed E-state index contributed by atoms with van der Waals surface area (Å²) in [7, 11) is 0. The van der Waals surface area contributed by atoms with Gasteiger partial charge in [0.15, 0.2) is 0 Å². The van der Waals surface area contributed by atoms with E-state index in [-0.39, 0.29) is 11.9 Å². The maximum atomic E-state index is 13.1. The Balaban J connectivity index is 1.41. The van der Waals surface area contributed by atoms with Gasteiger partial charge in [0.05, 0.1) is 5.56 Å². The van der Waals surface area contributed by atoms with Gasteiger partial charge in [0.1, 0.15) is 5.82 Å². The Morgan fingerprint density at radius 2 is 2.07 bits per heavy atom. The number of hydrogen-bond acceptors (Lipinski definition) is 5. The van der Waals surface area contributed by atoms with Crippen molar-refractivity contribution in [3.05, 3.63) is 42.4 Å². The largest absolute Gasteiger partial charge is 0.354 e. The molecule has 2 aliphatic rings. The molecule has 0 aliphatic carbocycles. The van der Waals surface area contributed by atoms with Gasteiger partial charge in [0.2, 0.25) is 0 Å². The number of aryl methyl sites for hydroxylation is 1. The van der Waals surface area contributed by atoms with Crippen LogP contribution in [-0.4, -0.2) is 64.3 Å². The molecular formula is C20H28N6O. The van der Waals surface area contributed by atoms with Gasteiger partial charge in [-0.15, -0.1) is 0 Å². The minimum absolute atomic E-state index is 0.111. The number of amides is 1. The summed E-state index contributed by atoms with van der Waals surface area (Å²) in [6.45, 7) is 5.57. The minimum atomic E-state index is 0.111. The number of nitrogens with zero attached hydrogens (tertiary/aromatic N) is 5. The molecule has 1 unspecified atom stereocenters. The fourth-order valence-corrected chi connectivity index (χ4v) is 4.04. The molecule has 1 amide bonds. The van der Waals surface area contributed by atoms with E-state index < -0.39 is 0 Å². The first kappa shape index (κ1) is 18.0. The van der Waals surface area contributed by atoms with Gasteiger partial charge in [-0.1, -0.05) is 0 Å². The predicted octanol–water partition coefficient (Wildman–Crippen LogP) is 1.77. The first-order valence-corrected chi connectivity index (χ1v) is 10.0. The highest BCUT2D eigenvalue weighted by Gasteiger charge is 2.27. The summed E-state index contributed by atoms with van der Waals surface area (Å²) in [6, 6.07) is 6.14. The van der Waals surface area contributed by atoms with Gasteiger partial charge in [0.25, 0.3) is 5.91 Å². The lowest BCUT2D eigenvalue weighted by Gasteiger charge is -2.36. The number of aromatic nitrogens is 3. The zero-order chi connectivity index (χ0) is 18.5. The molecule has 2 fully saturated rings. The van der Waals surface area contributed by atoms with Crippen LogP contribution in [0.15, 0.2) is 36.8 Å². The van der Waals surface area contributed by atoms with Gasteiger partial charge in [0, 0.05) is 63.9 Å². The van der Waals surface area contributed by atoms with Crippen LogP contribution in [0.1, 0.15) is 36.0 Å². The number of hydrogen-bond donors (Lipinski definition) is 1. The molecule has 1 N–H and O–H groups in total. The van der Waals surface area contributed by atoms with Crippen LogP contribution in [0.5, 0.6) is 0 Å². The van der Waals surface area contributed by atoms with Crippen LogP contribution in [0.25, 0.3) is 0 Å². The molecule has 27 heavy (non-hydrogen) atoms. The molecule has 0 saturated carbocycles. The van der Waals surface area contributed by atoms with Gasteiger partial charge in [-0.05, 0) is 43.9 Å². The van der Waals surface area contributed by atoms with Crippen molar-refractivity contribution in [2.75, 3.05) is 37.6 Å². The second-order valence-electron chi connectivity index (χ2n) is 7.35. The monoisotopic (exact) mass is 368 g/mol. The molecule has 0 bridgehead atoms. The third-order valence-electron chi connectivity index (χ3n) is 5.57. The van der Waals surface area contributed by atoms with Crippen molar-refractivity contribution in [1.82, 2.24) is 25.0 Å². The summed E-state index contributed by atoms with van der Waals surface area (Å²) in [6.07, 6.45) is 9.81. The summed E-state index contributed by atoms with van der Waals surface area (Å²) >= 11 is 0. The SMILES string of the molecule is O=C(c1ccc(N2CCNCC2)nc1)N1CCCCC1CCn1cccn1. The molecule has 7 heteroatoms. The Kier molecular flexibility index (Phi) is 5.67. The fourth-order valence-electron chi connectivity index (χ4n) is 4.04. The summed E-state index contributed by atoms with van der Waals surface area (Å²) < 4.78 is 1.95. The van der Waals surface area contributed by atoms with Crippen LogP contribution in [0.3, 0.4) is 0 Å². The first-order chi connectivity index (χ1) is 13.3. The van der Waals surface area contributed by atoms with Crippen molar-refractivity contribution in [3.8, 4) is 0 Å². The van der Waals surface area contributed by atoms with Crippen molar-refractivity contribution in [1.29, 1.82) is 0 Å². The number of carbonyl (C=O) groups is 1. The standard InChI is InChI=1S/C20H28N6O/c27-20(17-5-6-19(22-16-17)24-14-9-21-10-15-24)26-12-2-1-4-18(26)7-13-25-11-3-8-23-25/h3,5-6,8,11,16,18,21H,1-2,4,7,9-10,12-15H2. The number of likely N-dealkylation sites (tertiary alicyclic amines) is 1. The molecule has 0 aromatic carbocycles. The molecule has 1 atom stereocenters. The third-order valence-corrected chi connectivity index (χ3v) is 5.57. The van der Waals surface area contributed by atoms with Gasteiger partial charge < -0.3 is 15.1 Å². The number of rotatable bonds is 5. The third kappa shape index (κ3) is 4.30. The normalized spacial score (nSPS) is 20.7. The second kappa shape index (κ2) is 8.52. The van der Waals surface area contributed by atoms with E-state index in [2.05, 4.69) is 25.2 Å².